The summed E-state index contributed by atoms with van der Waals surface area (Å²) < 4.78 is 20.4. The molecule has 6 atom stereocenters. The fraction of sp³-hybridized carbons (Fsp3) is 0.548. The highest BCUT2D eigenvalue weighted by Gasteiger charge is 2.64. The summed E-state index contributed by atoms with van der Waals surface area (Å²) in [7, 11) is 0. The van der Waals surface area contributed by atoms with Gasteiger partial charge in [0.2, 0.25) is 5.79 Å². The minimum Gasteiger partial charge on any atom is -0.490 e. The molecular weight excluding hydrogens is 693 g/mol. The average molecular weight is 747 g/mol. The molecule has 3 aliphatic carbocycles. The van der Waals surface area contributed by atoms with Crippen molar-refractivity contribution in [2.24, 2.45) is 22.9 Å². The molecular formula is C42H54N2O8S. The van der Waals surface area contributed by atoms with Crippen LogP contribution in [-0.4, -0.2) is 63.6 Å². The molecule has 0 saturated heterocycles. The third-order valence-electron chi connectivity index (χ3n) is 11.2. The molecule has 1 aliphatic heterocycles. The van der Waals surface area contributed by atoms with Gasteiger partial charge in [0.25, 0.3) is 5.69 Å². The number of aliphatic hydroxyl groups excluding tert-OH is 2. The number of oxime groups is 1. The highest BCUT2D eigenvalue weighted by Crippen LogP contribution is 2.63. The van der Waals surface area contributed by atoms with Gasteiger partial charge < -0.3 is 29.3 Å². The number of non-ortho nitro benzene ring substituents is 1. The van der Waals surface area contributed by atoms with Crippen LogP contribution in [0.3, 0.4) is 0 Å². The van der Waals surface area contributed by atoms with E-state index in [1.54, 1.807) is 24.3 Å². The maximum atomic E-state index is 11.2. The molecule has 2 N–H and O–H groups in total. The summed E-state index contributed by atoms with van der Waals surface area (Å²) in [6.45, 7) is 9.05. The van der Waals surface area contributed by atoms with E-state index in [0.29, 0.717) is 24.9 Å². The Labute approximate surface area is 317 Å². The molecule has 53 heavy (non-hydrogen) atoms. The van der Waals surface area contributed by atoms with E-state index in [1.165, 1.54) is 25.0 Å². The molecule has 0 radical (unpaired) electrons. The van der Waals surface area contributed by atoms with Gasteiger partial charge in [0.15, 0.2) is 0 Å². The minimum atomic E-state index is -1.00. The van der Waals surface area contributed by atoms with Gasteiger partial charge in [-0.1, -0.05) is 55.6 Å². The van der Waals surface area contributed by atoms with Gasteiger partial charge in [0, 0.05) is 48.5 Å². The topological polar surface area (TPSA) is 133 Å². The second kappa shape index (κ2) is 18.6. The number of nitro benzene ring substituents is 1. The molecule has 286 valence electrons. The quantitative estimate of drug-likeness (QED) is 0.0591. The Morgan fingerprint density at radius 3 is 2.43 bits per heavy atom. The number of nitro groups is 1. The van der Waals surface area contributed by atoms with Crippen LogP contribution in [0.5, 0.6) is 11.5 Å². The molecule has 2 saturated carbocycles. The molecule has 4 aliphatic rings. The normalized spacial score (nSPS) is 26.9. The minimum absolute atomic E-state index is 0.0134. The largest absolute Gasteiger partial charge is 0.490 e. The molecule has 2 aromatic carbocycles. The number of unbranched alkanes of at least 4 members (excludes halogenated alkanes) is 2. The summed E-state index contributed by atoms with van der Waals surface area (Å²) >= 11 is 1.96. The van der Waals surface area contributed by atoms with Crippen LogP contribution in [0.15, 0.2) is 84.6 Å². The molecule has 0 spiro atoms. The molecule has 2 fully saturated rings. The number of allylic oxidation sites excluding steroid dienone is 1. The zero-order valence-electron chi connectivity index (χ0n) is 30.6. The van der Waals surface area contributed by atoms with E-state index < -0.39 is 10.7 Å². The zero-order chi connectivity index (χ0) is 37.2. The standard InChI is InChI=1S/C42H54N2O8S/c1-3-23-49-32-19-20-38-36(26-32)40-34(14-8-10-22-46)30(11-7-9-21-45)25-35-37(43-51-28-29-15-17-31(18-16-29)44(47)48)27-39(53-33-12-5-6-13-33)42(52-38,41(35)40)50-24-4-2/h3-4,15-20,25-26,30,33-34,39-41,45-46H,1-2,5-14,21-24,27-28H2/t30-,34+,39-,40+,41+,42+/m0/s1. The van der Waals surface area contributed by atoms with Gasteiger partial charge in [-0.25, -0.2) is 0 Å². The summed E-state index contributed by atoms with van der Waals surface area (Å²) in [5.41, 5.74) is 3.85. The van der Waals surface area contributed by atoms with Crippen molar-refractivity contribution in [2.75, 3.05) is 26.4 Å². The SMILES string of the molecule is C=CCOc1ccc2c(c1)[C@H]1[C@H](CCCCO)[C@@H](CCCCO)C=C3C(=NOCc4ccc([N+](=O)[O-])cc4)C[C@H](SC4CCCC4)[C@@](OCC=C)(O2)[C@H]31. The Kier molecular flexibility index (Phi) is 13.7. The summed E-state index contributed by atoms with van der Waals surface area (Å²) in [4.78, 5) is 16.9. The van der Waals surface area contributed by atoms with Gasteiger partial charge in [-0.2, -0.15) is 0 Å². The van der Waals surface area contributed by atoms with E-state index in [4.69, 9.17) is 24.2 Å². The molecule has 0 unspecified atom stereocenters. The Hall–Kier alpha value is -3.64. The number of hydrogen-bond acceptors (Lipinski definition) is 10. The van der Waals surface area contributed by atoms with Crippen LogP contribution in [0, 0.1) is 27.9 Å². The first-order chi connectivity index (χ1) is 25.9. The number of fused-ring (bicyclic) bond motifs is 2. The van der Waals surface area contributed by atoms with Crippen LogP contribution < -0.4 is 9.47 Å². The van der Waals surface area contributed by atoms with Crippen molar-refractivity contribution in [1.29, 1.82) is 0 Å². The highest BCUT2D eigenvalue weighted by molar-refractivity contribution is 8.00. The maximum absolute atomic E-state index is 11.2. The Balaban J connectivity index is 1.49. The molecule has 0 bridgehead atoms. The van der Waals surface area contributed by atoms with Crippen molar-refractivity contribution in [1.82, 2.24) is 0 Å². The lowest BCUT2D eigenvalue weighted by Crippen LogP contribution is -2.64. The number of hydrogen-bond donors (Lipinski definition) is 2. The van der Waals surface area contributed by atoms with Crippen molar-refractivity contribution in [2.45, 2.75) is 99.4 Å². The van der Waals surface area contributed by atoms with Crippen molar-refractivity contribution >= 4 is 23.2 Å². The summed E-state index contributed by atoms with van der Waals surface area (Å²) in [6, 6.07) is 12.5. The lowest BCUT2D eigenvalue weighted by Gasteiger charge is -2.58. The summed E-state index contributed by atoms with van der Waals surface area (Å²) in [5, 5.41) is 36.1. The van der Waals surface area contributed by atoms with Gasteiger partial charge in [-0.05, 0) is 91.8 Å². The number of benzene rings is 2. The van der Waals surface area contributed by atoms with Crippen LogP contribution in [0.4, 0.5) is 5.69 Å². The van der Waals surface area contributed by atoms with E-state index in [0.717, 1.165) is 85.3 Å². The molecule has 11 heteroatoms. The maximum Gasteiger partial charge on any atom is 0.269 e. The van der Waals surface area contributed by atoms with Crippen LogP contribution in [0.1, 0.15) is 87.7 Å². The van der Waals surface area contributed by atoms with Crippen molar-refractivity contribution < 1.29 is 34.2 Å². The second-order valence-electron chi connectivity index (χ2n) is 14.6. The monoisotopic (exact) mass is 746 g/mol. The first-order valence-corrected chi connectivity index (χ1v) is 20.2. The van der Waals surface area contributed by atoms with Gasteiger partial charge in [0.1, 0.15) is 24.7 Å². The average Bonchev–Trinajstić information content (AvgIpc) is 3.69. The Morgan fingerprint density at radius 1 is 1.00 bits per heavy atom. The van der Waals surface area contributed by atoms with Crippen molar-refractivity contribution in [3.8, 4) is 11.5 Å². The number of nitrogens with zero attached hydrogens (tertiary/aromatic N) is 2. The van der Waals surface area contributed by atoms with E-state index in [2.05, 4.69) is 25.3 Å². The molecule has 1 heterocycles. The first kappa shape index (κ1) is 39.1. The van der Waals surface area contributed by atoms with E-state index in [9.17, 15) is 20.3 Å². The number of rotatable bonds is 20. The van der Waals surface area contributed by atoms with Crippen LogP contribution >= 0.6 is 11.8 Å². The fourth-order valence-corrected chi connectivity index (χ4v) is 10.6. The zero-order valence-corrected chi connectivity index (χ0v) is 31.4. The molecule has 0 amide bonds. The van der Waals surface area contributed by atoms with Gasteiger partial charge in [-0.15, -0.1) is 18.3 Å². The van der Waals surface area contributed by atoms with Crippen molar-refractivity contribution in [3.63, 3.8) is 0 Å². The van der Waals surface area contributed by atoms with Crippen LogP contribution in [0.2, 0.25) is 0 Å². The highest BCUT2D eigenvalue weighted by atomic mass is 32.2. The molecule has 0 aromatic heterocycles. The number of ether oxygens (including phenoxy) is 3. The fourth-order valence-electron chi connectivity index (χ4n) is 8.84. The van der Waals surface area contributed by atoms with Gasteiger partial charge >= 0.3 is 0 Å². The lowest BCUT2D eigenvalue weighted by molar-refractivity contribution is -0.384. The first-order valence-electron chi connectivity index (χ1n) is 19.2. The summed E-state index contributed by atoms with van der Waals surface area (Å²) in [6.07, 6.45) is 16.3. The number of thioether (sulfide) groups is 1. The van der Waals surface area contributed by atoms with E-state index in [1.807, 2.05) is 23.9 Å². The number of aliphatic hydroxyl groups is 2. The Morgan fingerprint density at radius 2 is 1.74 bits per heavy atom. The second-order valence-corrected chi connectivity index (χ2v) is 16.1. The smallest absolute Gasteiger partial charge is 0.269 e. The molecule has 6 rings (SSSR count). The predicted octanol–water partition coefficient (Wildman–Crippen LogP) is 8.67. The van der Waals surface area contributed by atoms with E-state index >= 15 is 0 Å². The third-order valence-corrected chi connectivity index (χ3v) is 12.9. The van der Waals surface area contributed by atoms with E-state index in [-0.39, 0.29) is 54.4 Å². The Bertz CT molecular complexity index is 1620. The van der Waals surface area contributed by atoms with Crippen molar-refractivity contribution in [3.05, 3.63) is 101 Å². The third kappa shape index (κ3) is 8.85. The van der Waals surface area contributed by atoms with Gasteiger partial charge in [0.05, 0.1) is 28.4 Å². The summed E-state index contributed by atoms with van der Waals surface area (Å²) in [5.74, 6) is 0.703. The van der Waals surface area contributed by atoms with Crippen LogP contribution in [0.25, 0.3) is 0 Å². The molecule has 2 aromatic rings. The van der Waals surface area contributed by atoms with Gasteiger partial charge in [-0.3, -0.25) is 10.1 Å². The molecule has 10 nitrogen and oxygen atoms in total. The lowest BCUT2D eigenvalue weighted by atomic mass is 9.56. The van der Waals surface area contributed by atoms with Crippen LogP contribution in [-0.2, 0) is 16.2 Å². The predicted molar refractivity (Wildman–Crippen MR) is 208 cm³/mol.